The van der Waals surface area contributed by atoms with Crippen molar-refractivity contribution in [3.8, 4) is 12.1 Å². The number of urea groups is 1. The van der Waals surface area contributed by atoms with E-state index in [0.717, 1.165) is 41.1 Å². The van der Waals surface area contributed by atoms with Crippen molar-refractivity contribution in [3.05, 3.63) is 24.0 Å². The molecule has 3 aromatic heterocycles. The molecule has 0 bridgehead atoms. The number of nitriles is 1. The molecule has 1 aliphatic heterocycles. The number of hydrogen-bond acceptors (Lipinski definition) is 9. The van der Waals surface area contributed by atoms with Crippen molar-refractivity contribution in [1.82, 2.24) is 24.2 Å². The highest BCUT2D eigenvalue weighted by Crippen LogP contribution is 2.42. The zero-order valence-electron chi connectivity index (χ0n) is 19.9. The first kappa shape index (κ1) is 23.3. The first-order valence-electron chi connectivity index (χ1n) is 11.6. The molecule has 184 valence electrons. The summed E-state index contributed by atoms with van der Waals surface area (Å²) in [6, 6.07) is 4.49. The molecule has 3 N–H and O–H groups in total. The molecule has 12 heteroatoms. The van der Waals surface area contributed by atoms with E-state index in [-0.39, 0.29) is 18.6 Å². The van der Waals surface area contributed by atoms with Crippen LogP contribution in [0.3, 0.4) is 0 Å². The second-order valence-electron chi connectivity index (χ2n) is 9.95. The highest BCUT2D eigenvalue weighted by atomic mass is 32.1. The van der Waals surface area contributed by atoms with Gasteiger partial charge in [-0.05, 0) is 44.6 Å². The van der Waals surface area contributed by atoms with Gasteiger partial charge in [-0.3, -0.25) is 5.32 Å². The van der Waals surface area contributed by atoms with Gasteiger partial charge in [0.15, 0.2) is 0 Å². The van der Waals surface area contributed by atoms with E-state index < -0.39 is 5.60 Å². The number of anilines is 2. The molecule has 2 aliphatic rings. The van der Waals surface area contributed by atoms with Crippen molar-refractivity contribution in [3.63, 3.8) is 0 Å². The number of fused-ring (bicyclic) bond motifs is 2. The number of hydrogen-bond donors (Lipinski definition) is 3. The van der Waals surface area contributed by atoms with E-state index in [2.05, 4.69) is 35.6 Å². The van der Waals surface area contributed by atoms with Crippen molar-refractivity contribution < 1.29 is 14.6 Å². The Hall–Kier alpha value is -3.43. The van der Waals surface area contributed by atoms with Crippen LogP contribution in [-0.2, 0) is 0 Å². The van der Waals surface area contributed by atoms with Crippen molar-refractivity contribution in [2.75, 3.05) is 37.0 Å². The fourth-order valence-corrected chi connectivity index (χ4v) is 5.63. The average Bonchev–Trinajstić information content (AvgIpc) is 3.59. The van der Waals surface area contributed by atoms with Gasteiger partial charge < -0.3 is 24.6 Å². The van der Waals surface area contributed by atoms with Crippen LogP contribution >= 0.6 is 11.5 Å². The lowest BCUT2D eigenvalue weighted by atomic mass is 10.0. The number of carbonyl (C=O) groups is 1. The maximum Gasteiger partial charge on any atom is 0.330 e. The van der Waals surface area contributed by atoms with Crippen LogP contribution in [0, 0.1) is 23.2 Å². The molecule has 3 aromatic rings. The summed E-state index contributed by atoms with van der Waals surface area (Å²) in [5.74, 6) is 0.810. The van der Waals surface area contributed by atoms with Gasteiger partial charge >= 0.3 is 12.0 Å². The fraction of sp³-hybridized carbons (Fsp3) is 0.522. The number of amides is 2. The van der Waals surface area contributed by atoms with Gasteiger partial charge in [-0.25, -0.2) is 9.78 Å². The van der Waals surface area contributed by atoms with Gasteiger partial charge in [0.2, 0.25) is 5.13 Å². The number of aromatic amines is 1. The van der Waals surface area contributed by atoms with E-state index in [0.29, 0.717) is 41.7 Å². The maximum atomic E-state index is 12.8. The quantitative estimate of drug-likeness (QED) is 0.473. The van der Waals surface area contributed by atoms with Crippen molar-refractivity contribution in [2.24, 2.45) is 11.8 Å². The summed E-state index contributed by atoms with van der Waals surface area (Å²) in [4.78, 5) is 28.5. The minimum Gasteiger partial charge on any atom is -0.460 e. The summed E-state index contributed by atoms with van der Waals surface area (Å²) in [5.41, 5.74) is 1.27. The van der Waals surface area contributed by atoms with Crippen LogP contribution in [0.15, 0.2) is 18.5 Å². The van der Waals surface area contributed by atoms with Crippen molar-refractivity contribution in [1.29, 1.82) is 5.26 Å². The Morgan fingerprint density at radius 2 is 2.17 bits per heavy atom. The van der Waals surface area contributed by atoms with Crippen LogP contribution in [-0.4, -0.2) is 73.7 Å². The number of H-pyrrole nitrogens is 1. The fourth-order valence-electron chi connectivity index (χ4n) is 5.12. The van der Waals surface area contributed by atoms with E-state index >= 15 is 0 Å². The standard InChI is InChI=1S/C23H28N8O3S/c1-23(2,33)12-34-20-27-21(35-29-20)28-22(32)31-10-13-6-16(7-14(13)11-31)30(3)18-15(8-24)9-26-19-17(18)4-5-25-19/h4-5,9,13-14,16,33H,6-7,10-12H2,1-3H3,(H,25,26)(H,27,28,29,32). The summed E-state index contributed by atoms with van der Waals surface area (Å²) in [7, 11) is 2.05. The second-order valence-corrected chi connectivity index (χ2v) is 10.7. The Labute approximate surface area is 206 Å². The van der Waals surface area contributed by atoms with E-state index in [1.54, 1.807) is 20.0 Å². The molecule has 0 radical (unpaired) electrons. The molecule has 5 rings (SSSR count). The number of carbonyl (C=O) groups excluding carboxylic acids is 1. The minimum atomic E-state index is -0.991. The summed E-state index contributed by atoms with van der Waals surface area (Å²) in [6.45, 7) is 4.70. The van der Waals surface area contributed by atoms with Crippen molar-refractivity contribution in [2.45, 2.75) is 38.3 Å². The Bertz CT molecular complexity index is 1260. The van der Waals surface area contributed by atoms with Gasteiger partial charge in [-0.15, -0.1) is 4.37 Å². The first-order valence-corrected chi connectivity index (χ1v) is 12.3. The molecule has 2 fully saturated rings. The van der Waals surface area contributed by atoms with Gasteiger partial charge in [0, 0.05) is 55.5 Å². The maximum absolute atomic E-state index is 12.8. The molecule has 2 amide bonds. The van der Waals surface area contributed by atoms with Gasteiger partial charge in [-0.2, -0.15) is 10.2 Å². The van der Waals surface area contributed by atoms with E-state index in [1.165, 1.54) is 0 Å². The number of ether oxygens (including phenoxy) is 1. The molecule has 1 saturated carbocycles. The zero-order valence-corrected chi connectivity index (χ0v) is 20.7. The van der Waals surface area contributed by atoms with Crippen molar-refractivity contribution >= 4 is 39.4 Å². The lowest BCUT2D eigenvalue weighted by molar-refractivity contribution is 0.0255. The Morgan fingerprint density at radius 3 is 2.86 bits per heavy atom. The molecular formula is C23H28N8O3S. The topological polar surface area (TPSA) is 143 Å². The number of aromatic nitrogens is 4. The van der Waals surface area contributed by atoms with Crippen LogP contribution < -0.4 is 15.0 Å². The monoisotopic (exact) mass is 496 g/mol. The smallest absolute Gasteiger partial charge is 0.330 e. The predicted octanol–water partition coefficient (Wildman–Crippen LogP) is 2.81. The SMILES string of the molecule is CN(c1c(C#N)cnc2[nH]ccc12)C1CC2CN(C(=O)Nc3nc(OCC(C)(C)O)ns3)CC2C1. The number of nitrogens with zero attached hydrogens (tertiary/aromatic N) is 6. The number of rotatable bonds is 6. The molecule has 4 heterocycles. The lowest BCUT2D eigenvalue weighted by Crippen LogP contribution is -2.36. The molecule has 1 saturated heterocycles. The van der Waals surface area contributed by atoms with Crippen LogP contribution in [0.1, 0.15) is 32.3 Å². The number of pyridine rings is 1. The van der Waals surface area contributed by atoms with Crippen LogP contribution in [0.2, 0.25) is 0 Å². The van der Waals surface area contributed by atoms with E-state index in [4.69, 9.17) is 4.74 Å². The summed E-state index contributed by atoms with van der Waals surface area (Å²) < 4.78 is 9.45. The normalized spacial score (nSPS) is 21.7. The first-order chi connectivity index (χ1) is 16.7. The molecule has 2 atom stereocenters. The zero-order chi connectivity index (χ0) is 24.7. The Morgan fingerprint density at radius 1 is 1.43 bits per heavy atom. The molecule has 11 nitrogen and oxygen atoms in total. The minimum absolute atomic E-state index is 0.0627. The van der Waals surface area contributed by atoms with Gasteiger partial charge in [0.05, 0.1) is 16.9 Å². The number of aliphatic hydroxyl groups is 1. The lowest BCUT2D eigenvalue weighted by Gasteiger charge is -2.29. The predicted molar refractivity (Wildman–Crippen MR) is 132 cm³/mol. The molecule has 0 spiro atoms. The summed E-state index contributed by atoms with van der Waals surface area (Å²) >= 11 is 1.05. The molecular weight excluding hydrogens is 468 g/mol. The molecule has 0 aromatic carbocycles. The van der Waals surface area contributed by atoms with E-state index in [1.807, 2.05) is 24.2 Å². The third kappa shape index (κ3) is 4.74. The third-order valence-electron chi connectivity index (χ3n) is 6.77. The highest BCUT2D eigenvalue weighted by molar-refractivity contribution is 7.10. The second kappa shape index (κ2) is 8.98. The Kier molecular flexibility index (Phi) is 5.98. The molecule has 35 heavy (non-hydrogen) atoms. The third-order valence-corrected chi connectivity index (χ3v) is 7.38. The summed E-state index contributed by atoms with van der Waals surface area (Å²) in [6.07, 6.45) is 5.38. The molecule has 1 aliphatic carbocycles. The van der Waals surface area contributed by atoms with Crippen LogP contribution in [0.5, 0.6) is 6.01 Å². The molecule has 2 unspecified atom stereocenters. The number of nitrogens with one attached hydrogen (secondary N) is 2. The van der Waals surface area contributed by atoms with Gasteiger partial charge in [0.1, 0.15) is 18.3 Å². The van der Waals surface area contributed by atoms with Crippen LogP contribution in [0.25, 0.3) is 11.0 Å². The summed E-state index contributed by atoms with van der Waals surface area (Å²) in [5, 5.41) is 23.5. The highest BCUT2D eigenvalue weighted by Gasteiger charge is 2.44. The van der Waals surface area contributed by atoms with E-state index in [9.17, 15) is 15.2 Å². The number of likely N-dealkylation sites (tertiary alicyclic amines) is 1. The van der Waals surface area contributed by atoms with Gasteiger partial charge in [0.25, 0.3) is 0 Å². The Balaban J connectivity index is 1.19. The van der Waals surface area contributed by atoms with Gasteiger partial charge in [-0.1, -0.05) is 0 Å². The largest absolute Gasteiger partial charge is 0.460 e. The average molecular weight is 497 g/mol. The van der Waals surface area contributed by atoms with Crippen LogP contribution in [0.4, 0.5) is 15.6 Å².